The smallest absolute Gasteiger partial charge is 0.0314 e. The van der Waals surface area contributed by atoms with Crippen molar-refractivity contribution in [3.05, 3.63) is 29.8 Å². The highest BCUT2D eigenvalue weighted by Gasteiger charge is 2.34. The van der Waals surface area contributed by atoms with Crippen molar-refractivity contribution in [1.82, 2.24) is 10.2 Å². The van der Waals surface area contributed by atoms with Crippen LogP contribution in [-0.4, -0.2) is 36.6 Å². The summed E-state index contributed by atoms with van der Waals surface area (Å²) in [7, 11) is 0. The van der Waals surface area contributed by atoms with Gasteiger partial charge in [0, 0.05) is 42.8 Å². The first-order valence-corrected chi connectivity index (χ1v) is 7.88. The first-order valence-electron chi connectivity index (χ1n) is 7.88. The van der Waals surface area contributed by atoms with E-state index in [9.17, 15) is 0 Å². The maximum Gasteiger partial charge on any atom is 0.0314 e. The molecule has 1 saturated heterocycles. The molecular formula is C17H27N3. The summed E-state index contributed by atoms with van der Waals surface area (Å²) < 4.78 is 0. The van der Waals surface area contributed by atoms with Crippen LogP contribution in [0.4, 0.5) is 5.69 Å². The fourth-order valence-corrected chi connectivity index (χ4v) is 3.16. The van der Waals surface area contributed by atoms with Crippen LogP contribution >= 0.6 is 0 Å². The molecule has 1 aliphatic carbocycles. The van der Waals surface area contributed by atoms with E-state index in [1.54, 1.807) is 0 Å². The average Bonchev–Trinajstić information content (AvgIpc) is 3.16. The molecule has 1 atom stereocenters. The maximum atomic E-state index is 5.77. The highest BCUT2D eigenvalue weighted by atomic mass is 15.2. The van der Waals surface area contributed by atoms with Crippen LogP contribution in [0.3, 0.4) is 0 Å². The third-order valence-electron chi connectivity index (χ3n) is 4.81. The second-order valence-electron chi connectivity index (χ2n) is 7.10. The Kier molecular flexibility index (Phi) is 3.74. The molecule has 2 fully saturated rings. The Labute approximate surface area is 122 Å². The van der Waals surface area contributed by atoms with Crippen LogP contribution in [0, 0.1) is 0 Å². The standard InChI is InChI=1S/C17H27N3/c1-17(2,13-3-5-14(18)6-4-13)12-19-15-9-10-20(11-15)16-7-8-16/h3-6,15-16,19H,7-12,18H2,1-2H3. The number of nitrogen functional groups attached to an aromatic ring is 1. The summed E-state index contributed by atoms with van der Waals surface area (Å²) in [6, 6.07) is 9.89. The molecule has 1 aromatic carbocycles. The molecular weight excluding hydrogens is 246 g/mol. The van der Waals surface area contributed by atoms with Crippen molar-refractivity contribution in [2.75, 3.05) is 25.4 Å². The Morgan fingerprint density at radius 2 is 1.90 bits per heavy atom. The molecule has 1 aromatic rings. The summed E-state index contributed by atoms with van der Waals surface area (Å²) in [4.78, 5) is 2.66. The molecule has 110 valence electrons. The Morgan fingerprint density at radius 3 is 2.55 bits per heavy atom. The predicted molar refractivity (Wildman–Crippen MR) is 84.9 cm³/mol. The zero-order chi connectivity index (χ0) is 14.2. The first kappa shape index (κ1) is 13.9. The number of nitrogens with zero attached hydrogens (tertiary/aromatic N) is 1. The number of hydrogen-bond acceptors (Lipinski definition) is 3. The SMILES string of the molecule is CC(C)(CNC1CCN(C2CC2)C1)c1ccc(N)cc1. The highest BCUT2D eigenvalue weighted by molar-refractivity contribution is 5.41. The molecule has 0 radical (unpaired) electrons. The lowest BCUT2D eigenvalue weighted by Crippen LogP contribution is -2.40. The van der Waals surface area contributed by atoms with Gasteiger partial charge in [0.25, 0.3) is 0 Å². The molecule has 2 aliphatic rings. The Bertz CT molecular complexity index is 448. The van der Waals surface area contributed by atoms with Crippen LogP contribution < -0.4 is 11.1 Å². The minimum absolute atomic E-state index is 0.153. The molecule has 1 unspecified atom stereocenters. The number of likely N-dealkylation sites (tertiary alicyclic amines) is 1. The lowest BCUT2D eigenvalue weighted by atomic mass is 9.84. The van der Waals surface area contributed by atoms with Crippen molar-refractivity contribution in [3.8, 4) is 0 Å². The summed E-state index contributed by atoms with van der Waals surface area (Å²) in [5, 5.41) is 3.77. The van der Waals surface area contributed by atoms with Gasteiger partial charge >= 0.3 is 0 Å². The number of nitrogens with one attached hydrogen (secondary N) is 1. The minimum Gasteiger partial charge on any atom is -0.399 e. The van der Waals surface area contributed by atoms with Crippen LogP contribution in [0.15, 0.2) is 24.3 Å². The van der Waals surface area contributed by atoms with Gasteiger partial charge in [-0.2, -0.15) is 0 Å². The Balaban J connectivity index is 1.53. The fraction of sp³-hybridized carbons (Fsp3) is 0.647. The molecule has 0 bridgehead atoms. The van der Waals surface area contributed by atoms with Crippen LogP contribution in [0.2, 0.25) is 0 Å². The average molecular weight is 273 g/mol. The van der Waals surface area contributed by atoms with Gasteiger partial charge in [0.1, 0.15) is 0 Å². The largest absolute Gasteiger partial charge is 0.399 e. The van der Waals surface area contributed by atoms with Gasteiger partial charge in [0.15, 0.2) is 0 Å². The van der Waals surface area contributed by atoms with Crippen molar-refractivity contribution in [3.63, 3.8) is 0 Å². The third-order valence-corrected chi connectivity index (χ3v) is 4.81. The summed E-state index contributed by atoms with van der Waals surface area (Å²) in [5.41, 5.74) is 8.12. The van der Waals surface area contributed by atoms with Gasteiger partial charge in [0.05, 0.1) is 0 Å². The zero-order valence-electron chi connectivity index (χ0n) is 12.7. The molecule has 1 saturated carbocycles. The van der Waals surface area contributed by atoms with Crippen LogP contribution in [0.1, 0.15) is 38.7 Å². The van der Waals surface area contributed by atoms with Crippen LogP contribution in [0.5, 0.6) is 0 Å². The van der Waals surface area contributed by atoms with Crippen LogP contribution in [0.25, 0.3) is 0 Å². The maximum absolute atomic E-state index is 5.77. The van der Waals surface area contributed by atoms with Gasteiger partial charge in [-0.15, -0.1) is 0 Å². The molecule has 3 N–H and O–H groups in total. The molecule has 1 aliphatic heterocycles. The van der Waals surface area contributed by atoms with Crippen molar-refractivity contribution in [2.24, 2.45) is 0 Å². The van der Waals surface area contributed by atoms with Crippen molar-refractivity contribution < 1.29 is 0 Å². The number of rotatable bonds is 5. The van der Waals surface area contributed by atoms with Crippen molar-refractivity contribution in [1.29, 1.82) is 0 Å². The predicted octanol–water partition coefficient (Wildman–Crippen LogP) is 2.37. The number of nitrogens with two attached hydrogens (primary N) is 1. The van der Waals surface area contributed by atoms with Crippen LogP contribution in [-0.2, 0) is 5.41 Å². The molecule has 3 heteroatoms. The normalized spacial score (nSPS) is 24.2. The third kappa shape index (κ3) is 3.15. The van der Waals surface area contributed by atoms with E-state index in [4.69, 9.17) is 5.73 Å². The zero-order valence-corrected chi connectivity index (χ0v) is 12.7. The van der Waals surface area contributed by atoms with E-state index in [2.05, 4.69) is 36.2 Å². The van der Waals surface area contributed by atoms with Gasteiger partial charge in [-0.25, -0.2) is 0 Å². The number of anilines is 1. The number of hydrogen-bond donors (Lipinski definition) is 2. The molecule has 20 heavy (non-hydrogen) atoms. The quantitative estimate of drug-likeness (QED) is 0.809. The molecule has 0 amide bonds. The second kappa shape index (κ2) is 5.38. The Hall–Kier alpha value is -1.06. The van der Waals surface area contributed by atoms with Crippen molar-refractivity contribution in [2.45, 2.75) is 50.6 Å². The molecule has 0 spiro atoms. The van der Waals surface area contributed by atoms with E-state index < -0.39 is 0 Å². The van der Waals surface area contributed by atoms with E-state index in [-0.39, 0.29) is 5.41 Å². The monoisotopic (exact) mass is 273 g/mol. The molecule has 1 heterocycles. The second-order valence-corrected chi connectivity index (χ2v) is 7.10. The fourth-order valence-electron chi connectivity index (χ4n) is 3.16. The van der Waals surface area contributed by atoms with Gasteiger partial charge in [-0.1, -0.05) is 26.0 Å². The van der Waals surface area contributed by atoms with Crippen molar-refractivity contribution >= 4 is 5.69 Å². The van der Waals surface area contributed by atoms with E-state index in [0.29, 0.717) is 6.04 Å². The van der Waals surface area contributed by atoms with Gasteiger partial charge in [-0.05, 0) is 37.0 Å². The summed E-state index contributed by atoms with van der Waals surface area (Å²) in [5.74, 6) is 0. The summed E-state index contributed by atoms with van der Waals surface area (Å²) >= 11 is 0. The van der Waals surface area contributed by atoms with Gasteiger partial charge in [0.2, 0.25) is 0 Å². The number of benzene rings is 1. The lowest BCUT2D eigenvalue weighted by molar-refractivity contribution is 0.313. The molecule has 3 nitrogen and oxygen atoms in total. The van der Waals surface area contributed by atoms with Gasteiger partial charge in [-0.3, -0.25) is 4.90 Å². The van der Waals surface area contributed by atoms with Gasteiger partial charge < -0.3 is 11.1 Å². The van der Waals surface area contributed by atoms with E-state index >= 15 is 0 Å². The van der Waals surface area contributed by atoms with E-state index in [0.717, 1.165) is 18.3 Å². The highest BCUT2D eigenvalue weighted by Crippen LogP contribution is 2.30. The molecule has 3 rings (SSSR count). The minimum atomic E-state index is 0.153. The van der Waals surface area contributed by atoms with E-state index in [1.165, 1.54) is 37.9 Å². The summed E-state index contributed by atoms with van der Waals surface area (Å²) in [6.07, 6.45) is 4.14. The van der Waals surface area contributed by atoms with E-state index in [1.807, 2.05) is 12.1 Å². The molecule has 0 aromatic heterocycles. The Morgan fingerprint density at radius 1 is 1.20 bits per heavy atom. The first-order chi connectivity index (χ1) is 9.54. The summed E-state index contributed by atoms with van der Waals surface area (Å²) in [6.45, 7) is 8.16. The topological polar surface area (TPSA) is 41.3 Å². The lowest BCUT2D eigenvalue weighted by Gasteiger charge is -2.28.